The maximum Gasteiger partial charge on any atom is 0.262 e. The average Bonchev–Trinajstić information content (AvgIpc) is 3.72. The van der Waals surface area contributed by atoms with Crippen LogP contribution in [0.15, 0.2) is 69.4 Å². The minimum absolute atomic E-state index is 0.0110. The fraction of sp³-hybridized carbons (Fsp3) is 0.290. The van der Waals surface area contributed by atoms with Crippen LogP contribution in [0.4, 0.5) is 0 Å². The van der Waals surface area contributed by atoms with Gasteiger partial charge in [0.05, 0.1) is 21.6 Å². The summed E-state index contributed by atoms with van der Waals surface area (Å²) >= 11 is 1.11. The number of hydrogen-bond donors (Lipinski definition) is 3. The highest BCUT2D eigenvalue weighted by molar-refractivity contribution is 7.99. The van der Waals surface area contributed by atoms with Crippen molar-refractivity contribution < 1.29 is 37.0 Å². The molecule has 0 aliphatic carbocycles. The molecule has 0 saturated carbocycles. The predicted molar refractivity (Wildman–Crippen MR) is 171 cm³/mol. The summed E-state index contributed by atoms with van der Waals surface area (Å²) in [6.07, 6.45) is 0.998. The molecule has 14 nitrogen and oxygen atoms in total. The van der Waals surface area contributed by atoms with E-state index in [1.807, 2.05) is 12.1 Å². The van der Waals surface area contributed by atoms with E-state index in [9.17, 15) is 22.8 Å². The lowest BCUT2D eigenvalue weighted by molar-refractivity contribution is -0.121. The number of carbonyl (C=O) groups is 2. The Hall–Kier alpha value is -4.80. The van der Waals surface area contributed by atoms with Crippen LogP contribution in [0.5, 0.6) is 23.0 Å². The summed E-state index contributed by atoms with van der Waals surface area (Å²) in [5.41, 5.74) is 1.78. The Morgan fingerprint density at radius 1 is 0.872 bits per heavy atom. The molecule has 0 fully saturated rings. The zero-order valence-corrected chi connectivity index (χ0v) is 26.7. The molecule has 3 heterocycles. The second-order valence-corrected chi connectivity index (χ2v) is 13.2. The van der Waals surface area contributed by atoms with Gasteiger partial charge in [-0.2, -0.15) is 0 Å². The van der Waals surface area contributed by atoms with Gasteiger partial charge in [0, 0.05) is 32.1 Å². The molecule has 0 unspecified atom stereocenters. The Morgan fingerprint density at radius 3 is 2.30 bits per heavy atom. The van der Waals surface area contributed by atoms with E-state index >= 15 is 0 Å². The lowest BCUT2D eigenvalue weighted by atomic mass is 10.1. The van der Waals surface area contributed by atoms with Crippen molar-refractivity contribution in [3.8, 4) is 23.0 Å². The maximum atomic E-state index is 13.6. The Balaban J connectivity index is 1.07. The molecule has 0 bridgehead atoms. The fourth-order valence-corrected chi connectivity index (χ4v) is 6.38. The standard InChI is InChI=1S/C31H31N5O9S2/c32-47(40,41)21-6-3-19(4-7-21)9-10-33-29(38)16-46-31-35-23-14-27-26(44-18-45-27)13-22(23)30(39)36(31)11-1-2-28(37)34-15-20-5-8-24-25(12-20)43-17-42-24/h3-8,12-14H,1-2,9-11,15-18H2,(H,33,38)(H,34,37)(H2,32,40,41). The van der Waals surface area contributed by atoms with Crippen LogP contribution in [0, 0.1) is 0 Å². The number of nitrogens with one attached hydrogen (secondary N) is 2. The highest BCUT2D eigenvalue weighted by atomic mass is 32.2. The number of fused-ring (bicyclic) bond motifs is 3. The first-order chi connectivity index (χ1) is 22.6. The van der Waals surface area contributed by atoms with Gasteiger partial charge in [0.15, 0.2) is 28.2 Å². The first-order valence-electron chi connectivity index (χ1n) is 14.6. The van der Waals surface area contributed by atoms with Crippen molar-refractivity contribution in [2.75, 3.05) is 25.9 Å². The van der Waals surface area contributed by atoms with E-state index in [1.165, 1.54) is 16.7 Å². The summed E-state index contributed by atoms with van der Waals surface area (Å²) in [7, 11) is -3.78. The Morgan fingerprint density at radius 2 is 1.55 bits per heavy atom. The second-order valence-electron chi connectivity index (χ2n) is 10.7. The number of ether oxygens (including phenoxy) is 4. The average molecular weight is 682 g/mol. The van der Waals surface area contributed by atoms with Gasteiger partial charge < -0.3 is 29.6 Å². The molecule has 0 radical (unpaired) electrons. The topological polar surface area (TPSA) is 190 Å². The Labute approximate surface area is 273 Å². The SMILES string of the molecule is NS(=O)(=O)c1ccc(CCNC(=O)CSc2nc3cc4c(cc3c(=O)n2CCCC(=O)NCc2ccc3c(c2)OCO3)OCO4)cc1. The van der Waals surface area contributed by atoms with Crippen LogP contribution in [0.1, 0.15) is 24.0 Å². The normalized spacial score (nSPS) is 13.1. The zero-order chi connectivity index (χ0) is 33.0. The number of aromatic nitrogens is 2. The molecule has 2 aliphatic rings. The summed E-state index contributed by atoms with van der Waals surface area (Å²) in [6, 6.07) is 14.8. The molecule has 4 N–H and O–H groups in total. The second kappa shape index (κ2) is 13.9. The summed E-state index contributed by atoms with van der Waals surface area (Å²) < 4.78 is 46.0. The van der Waals surface area contributed by atoms with Gasteiger partial charge in [0.1, 0.15) is 0 Å². The van der Waals surface area contributed by atoms with E-state index in [-0.39, 0.29) is 54.6 Å². The molecule has 4 aromatic rings. The molecular formula is C31H31N5O9S2. The van der Waals surface area contributed by atoms with Crippen molar-refractivity contribution >= 4 is 44.5 Å². The highest BCUT2D eigenvalue weighted by Gasteiger charge is 2.20. The number of nitrogens with two attached hydrogens (primary N) is 1. The largest absolute Gasteiger partial charge is 0.454 e. The molecular weight excluding hydrogens is 651 g/mol. The molecule has 3 aromatic carbocycles. The van der Waals surface area contributed by atoms with Crippen LogP contribution in [0.2, 0.25) is 0 Å². The van der Waals surface area contributed by atoms with Crippen molar-refractivity contribution in [1.82, 2.24) is 20.2 Å². The van der Waals surface area contributed by atoms with Crippen molar-refractivity contribution in [2.45, 2.75) is 42.4 Å². The van der Waals surface area contributed by atoms with Crippen LogP contribution in [0.25, 0.3) is 10.9 Å². The molecule has 47 heavy (non-hydrogen) atoms. The Bertz CT molecular complexity index is 2000. The molecule has 6 rings (SSSR count). The number of carbonyl (C=O) groups excluding carboxylic acids is 2. The van der Waals surface area contributed by atoms with Gasteiger partial charge in [0.25, 0.3) is 5.56 Å². The third-order valence-corrected chi connectivity index (χ3v) is 9.35. The van der Waals surface area contributed by atoms with Crippen molar-refractivity contribution in [3.63, 3.8) is 0 Å². The molecule has 0 spiro atoms. The quantitative estimate of drug-likeness (QED) is 0.138. The van der Waals surface area contributed by atoms with Crippen molar-refractivity contribution in [2.24, 2.45) is 5.14 Å². The molecule has 246 valence electrons. The lowest BCUT2D eigenvalue weighted by Crippen LogP contribution is -2.29. The van der Waals surface area contributed by atoms with Gasteiger partial charge in [0.2, 0.25) is 35.4 Å². The van der Waals surface area contributed by atoms with Crippen molar-refractivity contribution in [1.29, 1.82) is 0 Å². The van der Waals surface area contributed by atoms with E-state index in [0.717, 1.165) is 22.9 Å². The molecule has 2 aliphatic heterocycles. The van der Waals surface area contributed by atoms with E-state index in [0.29, 0.717) is 65.0 Å². The van der Waals surface area contributed by atoms with Gasteiger partial charge in [-0.3, -0.25) is 19.0 Å². The summed E-state index contributed by atoms with van der Waals surface area (Å²) in [5, 5.41) is 11.5. The van der Waals surface area contributed by atoms with Gasteiger partial charge in [-0.15, -0.1) is 0 Å². The molecule has 16 heteroatoms. The predicted octanol–water partition coefficient (Wildman–Crippen LogP) is 2.05. The molecule has 1 aromatic heterocycles. The third kappa shape index (κ3) is 7.78. The summed E-state index contributed by atoms with van der Waals surface area (Å²) in [4.78, 5) is 43.7. The number of primary sulfonamides is 1. The van der Waals surface area contributed by atoms with Gasteiger partial charge >= 0.3 is 0 Å². The van der Waals surface area contributed by atoms with Crippen LogP contribution < -0.4 is 40.3 Å². The van der Waals surface area contributed by atoms with Gasteiger partial charge in [-0.1, -0.05) is 30.0 Å². The fourth-order valence-electron chi connectivity index (χ4n) is 5.01. The summed E-state index contributed by atoms with van der Waals surface area (Å²) in [6.45, 7) is 1.05. The number of nitrogens with zero attached hydrogens (tertiary/aromatic N) is 2. The third-order valence-electron chi connectivity index (χ3n) is 7.45. The highest BCUT2D eigenvalue weighted by Crippen LogP contribution is 2.35. The lowest BCUT2D eigenvalue weighted by Gasteiger charge is -2.14. The van der Waals surface area contributed by atoms with E-state index in [4.69, 9.17) is 24.1 Å². The minimum atomic E-state index is -3.78. The number of amides is 2. The minimum Gasteiger partial charge on any atom is -0.454 e. The van der Waals surface area contributed by atoms with Crippen LogP contribution in [-0.4, -0.2) is 55.7 Å². The molecule has 0 saturated heterocycles. The van der Waals surface area contributed by atoms with E-state index in [1.54, 1.807) is 30.3 Å². The first-order valence-corrected chi connectivity index (χ1v) is 17.2. The van der Waals surface area contributed by atoms with Crippen LogP contribution >= 0.6 is 11.8 Å². The van der Waals surface area contributed by atoms with Crippen LogP contribution in [0.3, 0.4) is 0 Å². The monoisotopic (exact) mass is 681 g/mol. The smallest absolute Gasteiger partial charge is 0.262 e. The maximum absolute atomic E-state index is 13.6. The molecule has 2 amide bonds. The number of hydrogen-bond acceptors (Lipinski definition) is 11. The zero-order valence-electron chi connectivity index (χ0n) is 25.0. The van der Waals surface area contributed by atoms with Crippen molar-refractivity contribution in [3.05, 3.63) is 76.1 Å². The number of sulfonamides is 1. The van der Waals surface area contributed by atoms with E-state index in [2.05, 4.69) is 15.6 Å². The first kappa shape index (κ1) is 32.2. The van der Waals surface area contributed by atoms with Gasteiger partial charge in [-0.25, -0.2) is 18.5 Å². The molecule has 0 atom stereocenters. The number of thioether (sulfide) groups is 1. The van der Waals surface area contributed by atoms with Crippen LogP contribution in [-0.2, 0) is 39.1 Å². The summed E-state index contributed by atoms with van der Waals surface area (Å²) in [5.74, 6) is 1.77. The Kier molecular flexibility index (Phi) is 9.51. The van der Waals surface area contributed by atoms with Gasteiger partial charge in [-0.05, 0) is 54.3 Å². The van der Waals surface area contributed by atoms with E-state index < -0.39 is 10.0 Å². The number of rotatable bonds is 13. The number of benzene rings is 3.